The maximum absolute atomic E-state index is 11.3. The molecule has 0 aliphatic carbocycles. The highest BCUT2D eigenvalue weighted by Gasteiger charge is 2.20. The molecule has 6 heteroatoms. The highest BCUT2D eigenvalue weighted by atomic mass is 32.2. The minimum Gasteiger partial charge on any atom is -0.358 e. The zero-order valence-electron chi connectivity index (χ0n) is 9.07. The Morgan fingerprint density at radius 3 is 2.21 bits per heavy atom. The molecule has 0 atom stereocenters. The third-order valence-corrected chi connectivity index (χ3v) is 2.85. The van der Waals surface area contributed by atoms with E-state index in [1.165, 1.54) is 11.4 Å². The lowest BCUT2D eigenvalue weighted by molar-refractivity contribution is -0.120. The second kappa shape index (κ2) is 5.31. The van der Waals surface area contributed by atoms with Gasteiger partial charge in [-0.1, -0.05) is 13.8 Å². The number of nitrogens with one attached hydrogen (secondary N) is 1. The zero-order chi connectivity index (χ0) is 11.4. The second-order valence-electron chi connectivity index (χ2n) is 3.62. The van der Waals surface area contributed by atoms with Crippen molar-refractivity contribution in [2.75, 3.05) is 26.4 Å². The number of hydrogen-bond donors (Lipinski definition) is 1. The Labute approximate surface area is 85.5 Å². The summed E-state index contributed by atoms with van der Waals surface area (Å²) in [6.07, 6.45) is 1.11. The fourth-order valence-corrected chi connectivity index (χ4v) is 1.88. The number of likely N-dealkylation sites (N-methyl/N-ethyl adjacent to an activating group) is 1. The third kappa shape index (κ3) is 5.18. The van der Waals surface area contributed by atoms with Gasteiger partial charge in [0.2, 0.25) is 15.9 Å². The molecule has 0 rings (SSSR count). The van der Waals surface area contributed by atoms with Gasteiger partial charge in [0.1, 0.15) is 0 Å². The highest BCUT2D eigenvalue weighted by molar-refractivity contribution is 7.88. The molecular weight excluding hydrogens is 204 g/mol. The first-order valence-electron chi connectivity index (χ1n) is 4.43. The summed E-state index contributed by atoms with van der Waals surface area (Å²) in [5.74, 6) is -0.0922. The Bertz CT molecular complexity index is 285. The van der Waals surface area contributed by atoms with Gasteiger partial charge in [-0.15, -0.1) is 0 Å². The predicted molar refractivity (Wildman–Crippen MR) is 55.3 cm³/mol. The van der Waals surface area contributed by atoms with Gasteiger partial charge >= 0.3 is 0 Å². The van der Waals surface area contributed by atoms with E-state index in [0.717, 1.165) is 6.26 Å². The number of nitrogens with zero attached hydrogens (tertiary/aromatic N) is 1. The smallest absolute Gasteiger partial charge is 0.235 e. The summed E-state index contributed by atoms with van der Waals surface area (Å²) in [5, 5.41) is 2.40. The fourth-order valence-electron chi connectivity index (χ4n) is 0.964. The molecular formula is C8H18N2O3S. The van der Waals surface area contributed by atoms with Crippen LogP contribution in [0.3, 0.4) is 0 Å². The van der Waals surface area contributed by atoms with Crippen LogP contribution in [-0.2, 0) is 14.8 Å². The van der Waals surface area contributed by atoms with Crippen molar-refractivity contribution in [3.8, 4) is 0 Å². The van der Waals surface area contributed by atoms with Crippen molar-refractivity contribution in [2.45, 2.75) is 13.8 Å². The van der Waals surface area contributed by atoms with Crippen molar-refractivity contribution in [3.05, 3.63) is 0 Å². The van der Waals surface area contributed by atoms with E-state index < -0.39 is 10.0 Å². The van der Waals surface area contributed by atoms with Gasteiger partial charge in [0.15, 0.2) is 0 Å². The molecule has 0 aliphatic heterocycles. The Balaban J connectivity index is 4.50. The summed E-state index contributed by atoms with van der Waals surface area (Å²) in [6.45, 7) is 4.07. The molecule has 0 aliphatic rings. The molecule has 14 heavy (non-hydrogen) atoms. The van der Waals surface area contributed by atoms with Crippen molar-refractivity contribution in [1.29, 1.82) is 0 Å². The quantitative estimate of drug-likeness (QED) is 0.691. The van der Waals surface area contributed by atoms with E-state index in [4.69, 9.17) is 0 Å². The lowest BCUT2D eigenvalue weighted by Gasteiger charge is -2.20. The first-order valence-corrected chi connectivity index (χ1v) is 6.28. The predicted octanol–water partition coefficient (Wildman–Crippen LogP) is -0.350. The first kappa shape index (κ1) is 13.4. The minimum atomic E-state index is -3.29. The molecule has 0 radical (unpaired) electrons. The number of carbonyl (C=O) groups is 1. The standard InChI is InChI=1S/C8H18N2O3S/c1-7(2)5-10(14(4,12)13)6-8(11)9-3/h7H,5-6H2,1-4H3,(H,9,11). The van der Waals surface area contributed by atoms with Crippen LogP contribution in [-0.4, -0.2) is 45.0 Å². The van der Waals surface area contributed by atoms with Crippen LogP contribution in [0.2, 0.25) is 0 Å². The van der Waals surface area contributed by atoms with Crippen molar-refractivity contribution < 1.29 is 13.2 Å². The van der Waals surface area contributed by atoms with Crippen LogP contribution in [0.5, 0.6) is 0 Å². The molecule has 0 aromatic heterocycles. The van der Waals surface area contributed by atoms with E-state index in [2.05, 4.69) is 5.32 Å². The van der Waals surface area contributed by atoms with Crippen molar-refractivity contribution in [3.63, 3.8) is 0 Å². The monoisotopic (exact) mass is 222 g/mol. The van der Waals surface area contributed by atoms with Crippen molar-refractivity contribution in [1.82, 2.24) is 9.62 Å². The lowest BCUT2D eigenvalue weighted by Crippen LogP contribution is -2.40. The lowest BCUT2D eigenvalue weighted by atomic mass is 10.2. The van der Waals surface area contributed by atoms with Gasteiger partial charge in [0, 0.05) is 13.6 Å². The Kier molecular flexibility index (Phi) is 5.07. The van der Waals surface area contributed by atoms with Gasteiger partial charge < -0.3 is 5.32 Å². The number of sulfonamides is 1. The molecule has 0 saturated carbocycles. The van der Waals surface area contributed by atoms with Crippen LogP contribution in [0.4, 0.5) is 0 Å². The Morgan fingerprint density at radius 2 is 1.93 bits per heavy atom. The van der Waals surface area contributed by atoms with Gasteiger partial charge in [-0.05, 0) is 5.92 Å². The molecule has 0 aromatic rings. The van der Waals surface area contributed by atoms with E-state index in [1.54, 1.807) is 0 Å². The van der Waals surface area contributed by atoms with Crippen LogP contribution < -0.4 is 5.32 Å². The van der Waals surface area contributed by atoms with Gasteiger partial charge in [-0.3, -0.25) is 4.79 Å². The average Bonchev–Trinajstić information content (AvgIpc) is 2.00. The van der Waals surface area contributed by atoms with Gasteiger partial charge in [0.05, 0.1) is 12.8 Å². The summed E-state index contributed by atoms with van der Waals surface area (Å²) in [5.41, 5.74) is 0. The summed E-state index contributed by atoms with van der Waals surface area (Å²) in [7, 11) is -1.81. The molecule has 1 amide bonds. The summed E-state index contributed by atoms with van der Waals surface area (Å²) in [6, 6.07) is 0. The average molecular weight is 222 g/mol. The van der Waals surface area contributed by atoms with E-state index in [9.17, 15) is 13.2 Å². The fraction of sp³-hybridized carbons (Fsp3) is 0.875. The number of rotatable bonds is 5. The molecule has 0 saturated heterocycles. The normalized spacial score (nSPS) is 12.1. The Hall–Kier alpha value is -0.620. The van der Waals surface area contributed by atoms with Crippen LogP contribution >= 0.6 is 0 Å². The minimum absolute atomic E-state index is 0.104. The molecule has 0 unspecified atom stereocenters. The van der Waals surface area contributed by atoms with Gasteiger partial charge in [-0.25, -0.2) is 8.42 Å². The largest absolute Gasteiger partial charge is 0.358 e. The molecule has 0 heterocycles. The number of hydrogen-bond acceptors (Lipinski definition) is 3. The second-order valence-corrected chi connectivity index (χ2v) is 5.60. The van der Waals surface area contributed by atoms with Crippen molar-refractivity contribution in [2.24, 2.45) is 5.92 Å². The summed E-state index contributed by atoms with van der Waals surface area (Å²) < 4.78 is 23.7. The Morgan fingerprint density at radius 1 is 1.43 bits per heavy atom. The zero-order valence-corrected chi connectivity index (χ0v) is 9.89. The van der Waals surface area contributed by atoms with Gasteiger partial charge in [0.25, 0.3) is 0 Å². The number of amides is 1. The van der Waals surface area contributed by atoms with E-state index in [0.29, 0.717) is 6.54 Å². The topological polar surface area (TPSA) is 66.5 Å². The SMILES string of the molecule is CNC(=O)CN(CC(C)C)S(C)(=O)=O. The van der Waals surface area contributed by atoms with Crippen molar-refractivity contribution >= 4 is 15.9 Å². The van der Waals surface area contributed by atoms with Crippen LogP contribution in [0.15, 0.2) is 0 Å². The molecule has 0 fully saturated rings. The molecule has 0 bridgehead atoms. The maximum atomic E-state index is 11.3. The first-order chi connectivity index (χ1) is 6.27. The maximum Gasteiger partial charge on any atom is 0.235 e. The van der Waals surface area contributed by atoms with E-state index in [1.807, 2.05) is 13.8 Å². The molecule has 84 valence electrons. The molecule has 1 N–H and O–H groups in total. The molecule has 0 spiro atoms. The molecule has 0 aromatic carbocycles. The summed E-state index contributed by atoms with van der Waals surface area (Å²) in [4.78, 5) is 11.0. The number of carbonyl (C=O) groups excluding carboxylic acids is 1. The van der Waals surface area contributed by atoms with Gasteiger partial charge in [-0.2, -0.15) is 4.31 Å². The third-order valence-electron chi connectivity index (χ3n) is 1.64. The van der Waals surface area contributed by atoms with Crippen LogP contribution in [0.25, 0.3) is 0 Å². The van der Waals surface area contributed by atoms with E-state index >= 15 is 0 Å². The van der Waals surface area contributed by atoms with Crippen LogP contribution in [0.1, 0.15) is 13.8 Å². The van der Waals surface area contributed by atoms with E-state index in [-0.39, 0.29) is 18.4 Å². The summed E-state index contributed by atoms with van der Waals surface area (Å²) >= 11 is 0. The highest BCUT2D eigenvalue weighted by Crippen LogP contribution is 2.03. The van der Waals surface area contributed by atoms with Crippen LogP contribution in [0, 0.1) is 5.92 Å². The molecule has 5 nitrogen and oxygen atoms in total.